The molecule has 8 unspecified atom stereocenters. The number of carbonyl (C=O) groups excluding carboxylic acids is 1. The van der Waals surface area contributed by atoms with Crippen molar-refractivity contribution in [3.63, 3.8) is 0 Å². The highest BCUT2D eigenvalue weighted by Gasteiger charge is 2.59. The smallest absolute Gasteiger partial charge is 0.148 e. The zero-order valence-electron chi connectivity index (χ0n) is 21.4. The van der Waals surface area contributed by atoms with Gasteiger partial charge in [0.15, 0.2) is 0 Å². The van der Waals surface area contributed by atoms with Crippen LogP contribution in [-0.4, -0.2) is 16.8 Å². The summed E-state index contributed by atoms with van der Waals surface area (Å²) in [5, 5.41) is 0.334. The summed E-state index contributed by atoms with van der Waals surface area (Å²) in [5.41, 5.74) is 1.34. The van der Waals surface area contributed by atoms with Gasteiger partial charge in [-0.25, -0.2) is 0 Å². The van der Waals surface area contributed by atoms with E-state index in [9.17, 15) is 4.79 Å². The van der Waals surface area contributed by atoms with E-state index >= 15 is 0 Å². The lowest BCUT2D eigenvalue weighted by molar-refractivity contribution is -0.109. The molecule has 2 nitrogen and oxygen atoms in total. The highest BCUT2D eigenvalue weighted by molar-refractivity contribution is 7.59. The van der Waals surface area contributed by atoms with Crippen LogP contribution in [0.3, 0.4) is 0 Å². The van der Waals surface area contributed by atoms with E-state index in [2.05, 4.69) is 47.8 Å². The molecule has 0 saturated heterocycles. The highest BCUT2D eigenvalue weighted by atomic mass is 31.1. The second kappa shape index (κ2) is 11.5. The lowest BCUT2D eigenvalue weighted by Crippen LogP contribution is -2.33. The summed E-state index contributed by atoms with van der Waals surface area (Å²) >= 11 is 0. The highest BCUT2D eigenvalue weighted by Crippen LogP contribution is 2.63. The second-order valence-corrected chi connectivity index (χ2v) is 12.7. The van der Waals surface area contributed by atoms with Crippen LogP contribution in [0.4, 0.5) is 0 Å². The van der Waals surface area contributed by atoms with Crippen molar-refractivity contribution in [2.24, 2.45) is 35.5 Å². The molecule has 0 heterocycles. The van der Waals surface area contributed by atoms with Crippen molar-refractivity contribution in [2.75, 3.05) is 0 Å². The zero-order chi connectivity index (χ0) is 23.3. The summed E-state index contributed by atoms with van der Waals surface area (Å²) in [6.45, 7) is 23.1. The fraction of sp³-hybridized carbons (Fsp3) is 0.821. The second-order valence-electron chi connectivity index (χ2n) is 10.7. The summed E-state index contributed by atoms with van der Waals surface area (Å²) in [6.07, 6.45) is 10.6. The van der Waals surface area contributed by atoms with Gasteiger partial charge in [0, 0.05) is 0 Å². The Bertz CT molecular complexity index is 635. The first-order chi connectivity index (χ1) is 14.6. The van der Waals surface area contributed by atoms with Crippen molar-refractivity contribution in [3.05, 3.63) is 24.5 Å². The van der Waals surface area contributed by atoms with Gasteiger partial charge < -0.3 is 4.74 Å². The molecule has 0 aromatic rings. The summed E-state index contributed by atoms with van der Waals surface area (Å²) < 4.78 is 6.14. The lowest BCUT2D eigenvalue weighted by atomic mass is 9.74. The van der Waals surface area contributed by atoms with Crippen LogP contribution in [0.5, 0.6) is 0 Å². The first kappa shape index (κ1) is 26.6. The molecule has 3 saturated carbocycles. The van der Waals surface area contributed by atoms with Gasteiger partial charge in [0.05, 0.1) is 0 Å². The summed E-state index contributed by atoms with van der Waals surface area (Å²) in [5.74, 6) is 6.33. The molecule has 0 aromatic heterocycles. The number of carbonyl (C=O) groups is 1. The van der Waals surface area contributed by atoms with Crippen molar-refractivity contribution in [2.45, 2.75) is 111 Å². The topological polar surface area (TPSA) is 26.3 Å². The van der Waals surface area contributed by atoms with Crippen molar-refractivity contribution < 1.29 is 9.53 Å². The minimum absolute atomic E-state index is 0.334. The Morgan fingerprint density at radius 2 is 1.68 bits per heavy atom. The SMILES string of the molecule is C=C(C)C(=C)OC1CC2CC1C1C(C)CC(CC)C21.CCCC(CC)(CC)PC(C)=O. The third-order valence-corrected chi connectivity index (χ3v) is 10.6. The molecule has 3 aliphatic rings. The lowest BCUT2D eigenvalue weighted by Gasteiger charge is -2.35. The van der Waals surface area contributed by atoms with E-state index in [0.29, 0.717) is 25.4 Å². The number of rotatable bonds is 10. The van der Waals surface area contributed by atoms with Gasteiger partial charge in [-0.05, 0) is 107 Å². The predicted molar refractivity (Wildman–Crippen MR) is 137 cm³/mol. The Morgan fingerprint density at radius 3 is 2.16 bits per heavy atom. The minimum Gasteiger partial charge on any atom is -0.490 e. The molecule has 0 aromatic carbocycles. The van der Waals surface area contributed by atoms with Crippen LogP contribution in [0.15, 0.2) is 24.5 Å². The van der Waals surface area contributed by atoms with Crippen LogP contribution in [0.2, 0.25) is 0 Å². The molecular weight excluding hydrogens is 399 g/mol. The minimum atomic E-state index is 0.334. The van der Waals surface area contributed by atoms with Crippen molar-refractivity contribution >= 4 is 14.1 Å². The van der Waals surface area contributed by atoms with E-state index in [1.165, 1.54) is 38.5 Å². The Labute approximate surface area is 194 Å². The van der Waals surface area contributed by atoms with Crippen molar-refractivity contribution in [1.29, 1.82) is 0 Å². The molecule has 3 fully saturated rings. The maximum Gasteiger partial charge on any atom is 0.148 e. The fourth-order valence-electron chi connectivity index (χ4n) is 7.23. The van der Waals surface area contributed by atoms with Crippen LogP contribution in [0.25, 0.3) is 0 Å². The summed E-state index contributed by atoms with van der Waals surface area (Å²) in [4.78, 5) is 11.1. The average molecular weight is 449 g/mol. The van der Waals surface area contributed by atoms with Crippen LogP contribution >= 0.6 is 8.58 Å². The van der Waals surface area contributed by atoms with Gasteiger partial charge in [-0.3, -0.25) is 4.79 Å². The van der Waals surface area contributed by atoms with Gasteiger partial charge in [0.1, 0.15) is 17.4 Å². The molecule has 3 aliphatic carbocycles. The maximum absolute atomic E-state index is 11.1. The molecule has 31 heavy (non-hydrogen) atoms. The Kier molecular flexibility index (Phi) is 9.87. The molecule has 8 atom stereocenters. The van der Waals surface area contributed by atoms with Crippen LogP contribution in [-0.2, 0) is 9.53 Å². The van der Waals surface area contributed by atoms with E-state index in [0.717, 1.165) is 59.7 Å². The molecule has 0 amide bonds. The maximum atomic E-state index is 11.1. The molecule has 0 spiro atoms. The molecule has 0 aliphatic heterocycles. The van der Waals surface area contributed by atoms with E-state index in [1.807, 2.05) is 6.92 Å². The largest absolute Gasteiger partial charge is 0.490 e. The third kappa shape index (κ3) is 6.04. The number of fused-ring (bicyclic) bond motifs is 5. The molecular formula is C28H49O2P. The molecule has 178 valence electrons. The molecule has 0 N–H and O–H groups in total. The van der Waals surface area contributed by atoms with Gasteiger partial charge >= 0.3 is 0 Å². The summed E-state index contributed by atoms with van der Waals surface area (Å²) in [7, 11) is 0.518. The van der Waals surface area contributed by atoms with E-state index in [-0.39, 0.29) is 0 Å². The van der Waals surface area contributed by atoms with Crippen LogP contribution in [0, 0.1) is 35.5 Å². The molecule has 3 rings (SSSR count). The van der Waals surface area contributed by atoms with Crippen LogP contribution in [0.1, 0.15) is 99.8 Å². The van der Waals surface area contributed by atoms with Gasteiger partial charge in [0.2, 0.25) is 0 Å². The van der Waals surface area contributed by atoms with E-state index in [1.54, 1.807) is 6.92 Å². The molecule has 2 bridgehead atoms. The van der Waals surface area contributed by atoms with Crippen molar-refractivity contribution in [3.8, 4) is 0 Å². The molecule has 0 radical (unpaired) electrons. The standard InChI is InChI=1S/C18H28O.C10H21OP/c1-6-13-7-11(4)17-15-8-14(18(13)17)9-16(15)19-12(5)10(2)3;1-5-8-10(6-2,7-3)12-9(4)11/h11,13-18H,2,5-9H2,1,3-4H3;12H,5-8H2,1-4H3. The Morgan fingerprint density at radius 1 is 1.03 bits per heavy atom. The normalized spacial score (nSPS) is 33.8. The Balaban J connectivity index is 0.000000248. The number of ether oxygens (including phenoxy) is 1. The predicted octanol–water partition coefficient (Wildman–Crippen LogP) is 8.37. The van der Waals surface area contributed by atoms with E-state index < -0.39 is 0 Å². The summed E-state index contributed by atoms with van der Waals surface area (Å²) in [6, 6.07) is 0. The van der Waals surface area contributed by atoms with Gasteiger partial charge in [-0.15, -0.1) is 0 Å². The monoisotopic (exact) mass is 448 g/mol. The number of hydrogen-bond acceptors (Lipinski definition) is 2. The quantitative estimate of drug-likeness (QED) is 0.191. The number of allylic oxidation sites excluding steroid dienone is 1. The van der Waals surface area contributed by atoms with Crippen molar-refractivity contribution in [1.82, 2.24) is 0 Å². The first-order valence-corrected chi connectivity index (χ1v) is 13.9. The van der Waals surface area contributed by atoms with E-state index in [4.69, 9.17) is 4.74 Å². The average Bonchev–Trinajstić information content (AvgIpc) is 3.39. The van der Waals surface area contributed by atoms with Gasteiger partial charge in [0.25, 0.3) is 0 Å². The fourth-order valence-corrected chi connectivity index (χ4v) is 8.71. The first-order valence-electron chi connectivity index (χ1n) is 12.9. The van der Waals surface area contributed by atoms with Crippen LogP contribution < -0.4 is 0 Å². The zero-order valence-corrected chi connectivity index (χ0v) is 22.4. The van der Waals surface area contributed by atoms with Gasteiger partial charge in [-0.1, -0.05) is 60.6 Å². The Hall–Kier alpha value is -0.620. The third-order valence-electron chi connectivity index (χ3n) is 8.76. The van der Waals surface area contributed by atoms with Gasteiger partial charge in [-0.2, -0.15) is 0 Å². The molecule has 3 heteroatoms. The number of hydrogen-bond donors (Lipinski definition) is 0.